The van der Waals surface area contributed by atoms with Crippen LogP contribution in [-0.2, 0) is 13.5 Å². The molecule has 0 saturated heterocycles. The van der Waals surface area contributed by atoms with E-state index in [0.717, 1.165) is 30.9 Å². The van der Waals surface area contributed by atoms with Gasteiger partial charge in [0.15, 0.2) is 0 Å². The van der Waals surface area contributed by atoms with E-state index in [-0.39, 0.29) is 6.04 Å². The van der Waals surface area contributed by atoms with Gasteiger partial charge in [-0.15, -0.1) is 0 Å². The van der Waals surface area contributed by atoms with Crippen molar-refractivity contribution in [1.29, 1.82) is 0 Å². The highest BCUT2D eigenvalue weighted by molar-refractivity contribution is 5.36. The van der Waals surface area contributed by atoms with Crippen LogP contribution < -0.4 is 10.1 Å². The molecule has 1 heterocycles. The first-order valence-electron chi connectivity index (χ1n) is 7.62. The van der Waals surface area contributed by atoms with Gasteiger partial charge in [-0.25, -0.2) is 0 Å². The Hall–Kier alpha value is -1.81. The molecule has 0 aliphatic rings. The van der Waals surface area contributed by atoms with Crippen LogP contribution in [0.25, 0.3) is 0 Å². The summed E-state index contributed by atoms with van der Waals surface area (Å²) in [5.74, 6) is 0.928. The van der Waals surface area contributed by atoms with Gasteiger partial charge < -0.3 is 10.1 Å². The van der Waals surface area contributed by atoms with Gasteiger partial charge in [-0.05, 0) is 37.6 Å². The van der Waals surface area contributed by atoms with Gasteiger partial charge in [0.1, 0.15) is 5.75 Å². The molecule has 0 fully saturated rings. The molecule has 114 valence electrons. The highest BCUT2D eigenvalue weighted by Gasteiger charge is 2.18. The predicted molar refractivity (Wildman–Crippen MR) is 85.7 cm³/mol. The van der Waals surface area contributed by atoms with Gasteiger partial charge >= 0.3 is 0 Å². The maximum Gasteiger partial charge on any atom is 0.119 e. The first kappa shape index (κ1) is 15.6. The maximum atomic E-state index is 5.64. The quantitative estimate of drug-likeness (QED) is 0.850. The molecule has 0 aliphatic heterocycles. The van der Waals surface area contributed by atoms with E-state index in [4.69, 9.17) is 4.74 Å². The smallest absolute Gasteiger partial charge is 0.119 e. The van der Waals surface area contributed by atoms with Crippen molar-refractivity contribution in [3.8, 4) is 5.75 Å². The van der Waals surface area contributed by atoms with E-state index < -0.39 is 0 Å². The van der Waals surface area contributed by atoms with Gasteiger partial charge in [0.2, 0.25) is 0 Å². The summed E-state index contributed by atoms with van der Waals surface area (Å²) in [6, 6.07) is 8.49. The van der Waals surface area contributed by atoms with Crippen LogP contribution >= 0.6 is 0 Å². The third-order valence-corrected chi connectivity index (χ3v) is 3.56. The van der Waals surface area contributed by atoms with E-state index in [1.807, 2.05) is 30.9 Å². The van der Waals surface area contributed by atoms with Crippen LogP contribution in [0.4, 0.5) is 0 Å². The van der Waals surface area contributed by atoms with Crippen LogP contribution in [0.3, 0.4) is 0 Å². The average Bonchev–Trinajstić information content (AvgIpc) is 2.88. The molecule has 2 aromatic rings. The number of nitrogens with one attached hydrogen (secondary N) is 1. The lowest BCUT2D eigenvalue weighted by Crippen LogP contribution is -2.18. The van der Waals surface area contributed by atoms with Crippen LogP contribution in [0.15, 0.2) is 30.5 Å². The molecule has 4 nitrogen and oxygen atoms in total. The van der Waals surface area contributed by atoms with E-state index in [1.165, 1.54) is 11.1 Å². The summed E-state index contributed by atoms with van der Waals surface area (Å²) in [6.07, 6.45) is 4.06. The Morgan fingerprint density at radius 1 is 1.24 bits per heavy atom. The highest BCUT2D eigenvalue weighted by Crippen LogP contribution is 2.26. The zero-order valence-electron chi connectivity index (χ0n) is 13.4. The highest BCUT2D eigenvalue weighted by atomic mass is 16.5. The van der Waals surface area contributed by atoms with Crippen molar-refractivity contribution in [2.45, 2.75) is 32.7 Å². The number of benzene rings is 1. The summed E-state index contributed by atoms with van der Waals surface area (Å²) in [5, 5.41) is 7.92. The lowest BCUT2D eigenvalue weighted by atomic mass is 9.98. The van der Waals surface area contributed by atoms with Gasteiger partial charge in [-0.3, -0.25) is 4.68 Å². The maximum absolute atomic E-state index is 5.64. The predicted octanol–water partition coefficient (Wildman–Crippen LogP) is 3.08. The fourth-order valence-corrected chi connectivity index (χ4v) is 2.55. The van der Waals surface area contributed by atoms with E-state index in [0.29, 0.717) is 0 Å². The number of rotatable bonds is 7. The zero-order chi connectivity index (χ0) is 15.2. The topological polar surface area (TPSA) is 39.1 Å². The lowest BCUT2D eigenvalue weighted by molar-refractivity contribution is 0.317. The number of hydrogen-bond donors (Lipinski definition) is 1. The SMILES string of the molecule is CCCOc1ccc(C(NC)c2cn(C)nc2CC)cc1. The Kier molecular flexibility index (Phi) is 5.39. The Morgan fingerprint density at radius 3 is 2.52 bits per heavy atom. The van der Waals surface area contributed by atoms with Crippen LogP contribution in [-0.4, -0.2) is 23.4 Å². The van der Waals surface area contributed by atoms with Gasteiger partial charge in [0.25, 0.3) is 0 Å². The second-order valence-corrected chi connectivity index (χ2v) is 5.20. The molecular weight excluding hydrogens is 262 g/mol. The molecule has 1 aromatic heterocycles. The summed E-state index contributed by atoms with van der Waals surface area (Å²) in [6.45, 7) is 5.01. The largest absolute Gasteiger partial charge is 0.494 e. The van der Waals surface area contributed by atoms with Crippen molar-refractivity contribution in [3.05, 3.63) is 47.3 Å². The monoisotopic (exact) mass is 287 g/mol. The molecule has 1 aromatic carbocycles. The van der Waals surface area contributed by atoms with Crippen molar-refractivity contribution in [2.75, 3.05) is 13.7 Å². The molecule has 1 unspecified atom stereocenters. The third-order valence-electron chi connectivity index (χ3n) is 3.56. The van der Waals surface area contributed by atoms with Gasteiger partial charge in [-0.2, -0.15) is 5.10 Å². The molecule has 1 atom stereocenters. The van der Waals surface area contributed by atoms with Crippen LogP contribution in [0.5, 0.6) is 5.75 Å². The number of ether oxygens (including phenoxy) is 1. The molecule has 0 amide bonds. The number of aromatic nitrogens is 2. The summed E-state index contributed by atoms with van der Waals surface area (Å²) in [7, 11) is 3.95. The van der Waals surface area contributed by atoms with Crippen molar-refractivity contribution >= 4 is 0 Å². The van der Waals surface area contributed by atoms with E-state index in [9.17, 15) is 0 Å². The van der Waals surface area contributed by atoms with Gasteiger partial charge in [0.05, 0.1) is 18.3 Å². The average molecular weight is 287 g/mol. The second kappa shape index (κ2) is 7.27. The van der Waals surface area contributed by atoms with Crippen LogP contribution in [0, 0.1) is 0 Å². The van der Waals surface area contributed by atoms with Crippen molar-refractivity contribution < 1.29 is 4.74 Å². The minimum atomic E-state index is 0.161. The van der Waals surface area contributed by atoms with Crippen LogP contribution in [0.2, 0.25) is 0 Å². The summed E-state index contributed by atoms with van der Waals surface area (Å²) in [5.41, 5.74) is 3.61. The number of aryl methyl sites for hydroxylation is 2. The number of hydrogen-bond acceptors (Lipinski definition) is 3. The first-order chi connectivity index (χ1) is 10.2. The molecule has 4 heteroatoms. The van der Waals surface area contributed by atoms with Crippen LogP contribution in [0.1, 0.15) is 43.1 Å². The first-order valence-corrected chi connectivity index (χ1v) is 7.62. The van der Waals surface area contributed by atoms with Gasteiger partial charge in [-0.1, -0.05) is 26.0 Å². The molecular formula is C17H25N3O. The fraction of sp³-hybridized carbons (Fsp3) is 0.471. The van der Waals surface area contributed by atoms with E-state index >= 15 is 0 Å². The second-order valence-electron chi connectivity index (χ2n) is 5.20. The molecule has 0 spiro atoms. The Bertz CT molecular complexity index is 560. The van der Waals surface area contributed by atoms with E-state index in [1.54, 1.807) is 0 Å². The lowest BCUT2D eigenvalue weighted by Gasteiger charge is -2.17. The van der Waals surface area contributed by atoms with E-state index in [2.05, 4.69) is 42.6 Å². The summed E-state index contributed by atoms with van der Waals surface area (Å²) in [4.78, 5) is 0. The Morgan fingerprint density at radius 2 is 1.95 bits per heavy atom. The molecule has 0 bridgehead atoms. The Balaban J connectivity index is 2.24. The minimum Gasteiger partial charge on any atom is -0.494 e. The van der Waals surface area contributed by atoms with Gasteiger partial charge in [0, 0.05) is 18.8 Å². The molecule has 21 heavy (non-hydrogen) atoms. The van der Waals surface area contributed by atoms with Crippen molar-refractivity contribution in [1.82, 2.24) is 15.1 Å². The molecule has 2 rings (SSSR count). The molecule has 1 N–H and O–H groups in total. The minimum absolute atomic E-state index is 0.161. The van der Waals surface area contributed by atoms with Crippen molar-refractivity contribution in [2.24, 2.45) is 7.05 Å². The normalized spacial score (nSPS) is 12.4. The summed E-state index contributed by atoms with van der Waals surface area (Å²) < 4.78 is 7.53. The zero-order valence-corrected chi connectivity index (χ0v) is 13.4. The Labute approximate surface area is 127 Å². The third kappa shape index (κ3) is 3.64. The standard InChI is InChI=1S/C17H25N3O/c1-5-11-21-14-9-7-13(8-10-14)17(18-3)15-12-20(4)19-16(15)6-2/h7-10,12,17-18H,5-6,11H2,1-4H3. The van der Waals surface area contributed by atoms with Crippen molar-refractivity contribution in [3.63, 3.8) is 0 Å². The molecule has 0 saturated carbocycles. The number of nitrogens with zero attached hydrogens (tertiary/aromatic N) is 2. The fourth-order valence-electron chi connectivity index (χ4n) is 2.55. The molecule has 0 radical (unpaired) electrons. The molecule has 0 aliphatic carbocycles. The summed E-state index contributed by atoms with van der Waals surface area (Å²) >= 11 is 0.